The summed E-state index contributed by atoms with van der Waals surface area (Å²) in [5, 5.41) is 7.64. The van der Waals surface area contributed by atoms with E-state index in [4.69, 9.17) is 11.1 Å². The summed E-state index contributed by atoms with van der Waals surface area (Å²) in [6.45, 7) is 1.97. The van der Waals surface area contributed by atoms with E-state index in [1.807, 2.05) is 20.0 Å². The van der Waals surface area contributed by atoms with Gasteiger partial charge in [0.05, 0.1) is 5.56 Å². The van der Waals surface area contributed by atoms with Gasteiger partial charge in [0.2, 0.25) is 0 Å². The minimum absolute atomic E-state index is 0.103. The third-order valence-electron chi connectivity index (χ3n) is 3.37. The first kappa shape index (κ1) is 10.9. The molecule has 4 nitrogen and oxygen atoms in total. The van der Waals surface area contributed by atoms with E-state index in [1.54, 1.807) is 6.20 Å². The Morgan fingerprint density at radius 2 is 2.25 bits per heavy atom. The predicted octanol–water partition coefficient (Wildman–Crippen LogP) is 1.66. The number of nitrogens with zero attached hydrogens (tertiary/aromatic N) is 2. The Labute approximate surface area is 96.0 Å². The van der Waals surface area contributed by atoms with Crippen molar-refractivity contribution in [3.8, 4) is 0 Å². The lowest BCUT2D eigenvalue weighted by atomic mass is 9.91. The minimum Gasteiger partial charge on any atom is -0.384 e. The van der Waals surface area contributed by atoms with Crippen molar-refractivity contribution in [3.63, 3.8) is 0 Å². The van der Waals surface area contributed by atoms with Crippen molar-refractivity contribution in [1.82, 2.24) is 4.98 Å². The predicted molar refractivity (Wildman–Crippen MR) is 66.0 cm³/mol. The number of hydrogen-bond donors (Lipinski definition) is 2. The van der Waals surface area contributed by atoms with Gasteiger partial charge in [0.25, 0.3) is 0 Å². The second-order valence-corrected chi connectivity index (χ2v) is 4.44. The highest BCUT2D eigenvalue weighted by Gasteiger charge is 2.25. The number of amidine groups is 1. The largest absolute Gasteiger partial charge is 0.384 e. The third kappa shape index (κ3) is 1.75. The van der Waals surface area contributed by atoms with Crippen LogP contribution in [0.2, 0.25) is 0 Å². The molecule has 0 saturated heterocycles. The number of nitrogens with one attached hydrogen (secondary N) is 1. The number of rotatable bonds is 3. The van der Waals surface area contributed by atoms with Crippen molar-refractivity contribution in [2.24, 2.45) is 5.73 Å². The van der Waals surface area contributed by atoms with Crippen LogP contribution in [0.15, 0.2) is 12.3 Å². The normalized spacial score (nSPS) is 15.6. The molecule has 0 aliphatic heterocycles. The Bertz CT molecular complexity index is 409. The second kappa shape index (κ2) is 4.12. The monoisotopic (exact) mass is 218 g/mol. The lowest BCUT2D eigenvalue weighted by molar-refractivity contribution is 0.399. The third-order valence-corrected chi connectivity index (χ3v) is 3.37. The molecule has 3 N–H and O–H groups in total. The Balaban J connectivity index is 2.38. The van der Waals surface area contributed by atoms with Crippen LogP contribution in [0.1, 0.15) is 30.4 Å². The number of hydrogen-bond acceptors (Lipinski definition) is 3. The molecule has 0 spiro atoms. The van der Waals surface area contributed by atoms with Gasteiger partial charge in [0.15, 0.2) is 0 Å². The summed E-state index contributed by atoms with van der Waals surface area (Å²) in [5.41, 5.74) is 7.42. The molecule has 86 valence electrons. The Kier molecular flexibility index (Phi) is 2.81. The fourth-order valence-corrected chi connectivity index (χ4v) is 2.09. The van der Waals surface area contributed by atoms with Crippen molar-refractivity contribution in [1.29, 1.82) is 5.41 Å². The summed E-state index contributed by atoms with van der Waals surface area (Å²) in [6.07, 6.45) is 5.50. The molecule has 1 aromatic rings. The van der Waals surface area contributed by atoms with E-state index in [0.717, 1.165) is 16.9 Å². The summed E-state index contributed by atoms with van der Waals surface area (Å²) in [5.74, 6) is 0.948. The van der Waals surface area contributed by atoms with Gasteiger partial charge >= 0.3 is 0 Å². The molecule has 0 unspecified atom stereocenters. The quantitative estimate of drug-likeness (QED) is 0.599. The average Bonchev–Trinajstić information content (AvgIpc) is 2.13. The molecule has 0 amide bonds. The molecule has 1 aliphatic rings. The fourth-order valence-electron chi connectivity index (χ4n) is 2.09. The van der Waals surface area contributed by atoms with Gasteiger partial charge in [-0.1, -0.05) is 0 Å². The van der Waals surface area contributed by atoms with Crippen LogP contribution in [-0.2, 0) is 0 Å². The number of aryl methyl sites for hydroxylation is 1. The molecule has 0 radical (unpaired) electrons. The Hall–Kier alpha value is -1.58. The van der Waals surface area contributed by atoms with Gasteiger partial charge in [0.1, 0.15) is 11.7 Å². The van der Waals surface area contributed by atoms with Gasteiger partial charge in [-0.05, 0) is 37.8 Å². The first-order chi connectivity index (χ1) is 7.61. The average molecular weight is 218 g/mol. The topological polar surface area (TPSA) is 66.0 Å². The number of nitrogen functional groups attached to an aromatic ring is 1. The van der Waals surface area contributed by atoms with E-state index in [9.17, 15) is 0 Å². The highest BCUT2D eigenvalue weighted by Crippen LogP contribution is 2.29. The molecule has 0 aromatic carbocycles. The highest BCUT2D eigenvalue weighted by atomic mass is 15.2. The SMILES string of the molecule is Cc1ccnc(N(C)C2CCC2)c1C(=N)N. The summed E-state index contributed by atoms with van der Waals surface area (Å²) in [4.78, 5) is 6.53. The number of anilines is 1. The summed E-state index contributed by atoms with van der Waals surface area (Å²) in [6, 6.07) is 2.46. The van der Waals surface area contributed by atoms with Crippen LogP contribution in [-0.4, -0.2) is 23.9 Å². The first-order valence-electron chi connectivity index (χ1n) is 5.64. The first-order valence-corrected chi connectivity index (χ1v) is 5.64. The van der Waals surface area contributed by atoms with E-state index in [2.05, 4.69) is 9.88 Å². The van der Waals surface area contributed by atoms with E-state index in [1.165, 1.54) is 19.3 Å². The van der Waals surface area contributed by atoms with Crippen LogP contribution in [0.25, 0.3) is 0 Å². The molecule has 1 saturated carbocycles. The molecule has 2 rings (SSSR count). The molecular weight excluding hydrogens is 200 g/mol. The van der Waals surface area contributed by atoms with Crippen LogP contribution in [0.4, 0.5) is 5.82 Å². The molecule has 1 aliphatic carbocycles. The number of pyridine rings is 1. The summed E-state index contributed by atoms with van der Waals surface area (Å²) >= 11 is 0. The van der Waals surface area contributed by atoms with Crippen LogP contribution in [0.3, 0.4) is 0 Å². The molecule has 1 heterocycles. The van der Waals surface area contributed by atoms with Gasteiger partial charge in [-0.2, -0.15) is 0 Å². The van der Waals surface area contributed by atoms with Crippen molar-refractivity contribution >= 4 is 11.7 Å². The second-order valence-electron chi connectivity index (χ2n) is 4.44. The summed E-state index contributed by atoms with van der Waals surface area (Å²) in [7, 11) is 2.04. The van der Waals surface area contributed by atoms with Gasteiger partial charge in [-0.3, -0.25) is 5.41 Å². The van der Waals surface area contributed by atoms with Gasteiger partial charge < -0.3 is 10.6 Å². The van der Waals surface area contributed by atoms with Crippen LogP contribution >= 0.6 is 0 Å². The van der Waals surface area contributed by atoms with Crippen molar-refractivity contribution in [2.45, 2.75) is 32.2 Å². The van der Waals surface area contributed by atoms with Crippen molar-refractivity contribution < 1.29 is 0 Å². The molecule has 4 heteroatoms. The molecular formula is C12H18N4. The molecule has 1 aromatic heterocycles. The van der Waals surface area contributed by atoms with Gasteiger partial charge in [-0.15, -0.1) is 0 Å². The Morgan fingerprint density at radius 1 is 1.56 bits per heavy atom. The van der Waals surface area contributed by atoms with E-state index in [0.29, 0.717) is 6.04 Å². The maximum atomic E-state index is 7.64. The zero-order valence-electron chi connectivity index (χ0n) is 9.83. The van der Waals surface area contributed by atoms with E-state index < -0.39 is 0 Å². The zero-order chi connectivity index (χ0) is 11.7. The maximum Gasteiger partial charge on any atom is 0.139 e. The Morgan fingerprint density at radius 3 is 2.75 bits per heavy atom. The lowest BCUT2D eigenvalue weighted by Gasteiger charge is -2.36. The molecule has 0 bridgehead atoms. The fraction of sp³-hybridized carbons (Fsp3) is 0.500. The van der Waals surface area contributed by atoms with Crippen LogP contribution < -0.4 is 10.6 Å². The summed E-state index contributed by atoms with van der Waals surface area (Å²) < 4.78 is 0. The van der Waals surface area contributed by atoms with E-state index in [-0.39, 0.29) is 5.84 Å². The standard InChI is InChI=1S/C12H18N4/c1-8-6-7-15-12(10(8)11(13)14)16(2)9-4-3-5-9/h6-7,9H,3-5H2,1-2H3,(H3,13,14). The van der Waals surface area contributed by atoms with Gasteiger partial charge in [-0.25, -0.2) is 4.98 Å². The van der Waals surface area contributed by atoms with Crippen LogP contribution in [0.5, 0.6) is 0 Å². The molecule has 16 heavy (non-hydrogen) atoms. The smallest absolute Gasteiger partial charge is 0.139 e. The van der Waals surface area contributed by atoms with Crippen LogP contribution in [0, 0.1) is 12.3 Å². The van der Waals surface area contributed by atoms with Gasteiger partial charge in [0, 0.05) is 19.3 Å². The highest BCUT2D eigenvalue weighted by molar-refractivity contribution is 6.01. The van der Waals surface area contributed by atoms with E-state index >= 15 is 0 Å². The van der Waals surface area contributed by atoms with Crippen molar-refractivity contribution in [2.75, 3.05) is 11.9 Å². The lowest BCUT2D eigenvalue weighted by Crippen LogP contribution is -2.39. The maximum absolute atomic E-state index is 7.64. The number of nitrogens with two attached hydrogens (primary N) is 1. The van der Waals surface area contributed by atoms with Crippen molar-refractivity contribution in [3.05, 3.63) is 23.4 Å². The number of aromatic nitrogens is 1. The minimum atomic E-state index is 0.103. The molecule has 0 atom stereocenters. The zero-order valence-corrected chi connectivity index (χ0v) is 9.83. The molecule has 1 fully saturated rings.